The zero-order valence-electron chi connectivity index (χ0n) is 15.9. The number of ether oxygens (including phenoxy) is 1. The largest absolute Gasteiger partial charge is 0.374 e. The second-order valence-corrected chi connectivity index (χ2v) is 9.19. The molecule has 1 saturated heterocycles. The first-order chi connectivity index (χ1) is 13.6. The fourth-order valence-corrected chi connectivity index (χ4v) is 5.05. The van der Waals surface area contributed by atoms with E-state index in [0.29, 0.717) is 24.5 Å². The third kappa shape index (κ3) is 4.70. The van der Waals surface area contributed by atoms with E-state index in [1.165, 1.54) is 11.1 Å². The fourth-order valence-electron chi connectivity index (χ4n) is 3.80. The standard InChI is InChI=1S/C22H26N2O3S/c25-28(26,22-11-10-19-8-4-5-9-20(19)14-22)23-15-21-17-24(12-13-27-21)16-18-6-2-1-3-7-18/h1-9,14,21,23H,10-13,15-17H2/t21-/m0/s1. The molecule has 28 heavy (non-hydrogen) atoms. The van der Waals surface area contributed by atoms with Crippen molar-refractivity contribution in [2.75, 3.05) is 26.2 Å². The minimum atomic E-state index is -3.49. The van der Waals surface area contributed by atoms with Crippen molar-refractivity contribution in [3.8, 4) is 0 Å². The van der Waals surface area contributed by atoms with Crippen LogP contribution in [-0.4, -0.2) is 45.7 Å². The molecule has 148 valence electrons. The van der Waals surface area contributed by atoms with Gasteiger partial charge in [-0.05, 0) is 35.6 Å². The molecule has 1 atom stereocenters. The summed E-state index contributed by atoms with van der Waals surface area (Å²) in [6.07, 6.45) is 2.96. The molecule has 6 heteroatoms. The Morgan fingerprint density at radius 2 is 1.82 bits per heavy atom. The molecular weight excluding hydrogens is 372 g/mol. The number of hydrogen-bond acceptors (Lipinski definition) is 4. The van der Waals surface area contributed by atoms with Crippen molar-refractivity contribution in [3.63, 3.8) is 0 Å². The van der Waals surface area contributed by atoms with Crippen LogP contribution in [0.2, 0.25) is 0 Å². The molecule has 0 radical (unpaired) electrons. The van der Waals surface area contributed by atoms with Crippen molar-refractivity contribution in [2.45, 2.75) is 25.5 Å². The third-order valence-electron chi connectivity index (χ3n) is 5.33. The van der Waals surface area contributed by atoms with E-state index < -0.39 is 10.0 Å². The Hall–Kier alpha value is -1.99. The van der Waals surface area contributed by atoms with Crippen molar-refractivity contribution in [1.29, 1.82) is 0 Å². The van der Waals surface area contributed by atoms with E-state index in [-0.39, 0.29) is 6.10 Å². The molecule has 5 nitrogen and oxygen atoms in total. The van der Waals surface area contributed by atoms with Gasteiger partial charge in [-0.15, -0.1) is 0 Å². The SMILES string of the molecule is O=S(=O)(NC[C@H]1CN(Cc2ccccc2)CCO1)C1=Cc2ccccc2CC1. The smallest absolute Gasteiger partial charge is 0.236 e. The van der Waals surface area contributed by atoms with Crippen molar-refractivity contribution in [2.24, 2.45) is 0 Å². The number of sulfonamides is 1. The number of benzene rings is 2. The van der Waals surface area contributed by atoms with E-state index >= 15 is 0 Å². The average Bonchev–Trinajstić information content (AvgIpc) is 2.73. The molecule has 1 N–H and O–H groups in total. The van der Waals surface area contributed by atoms with Gasteiger partial charge in [0.05, 0.1) is 17.6 Å². The Kier molecular flexibility index (Phi) is 5.92. The highest BCUT2D eigenvalue weighted by molar-refractivity contribution is 7.93. The van der Waals surface area contributed by atoms with Gasteiger partial charge in [-0.2, -0.15) is 0 Å². The number of allylic oxidation sites excluding steroid dienone is 1. The molecule has 0 amide bonds. The van der Waals surface area contributed by atoms with Crippen LogP contribution >= 0.6 is 0 Å². The summed E-state index contributed by atoms with van der Waals surface area (Å²) >= 11 is 0. The van der Waals surface area contributed by atoms with Crippen LogP contribution in [0.15, 0.2) is 59.5 Å². The zero-order chi connectivity index (χ0) is 19.4. The lowest BCUT2D eigenvalue weighted by molar-refractivity contribution is -0.0276. The maximum Gasteiger partial charge on any atom is 0.236 e. The van der Waals surface area contributed by atoms with Gasteiger partial charge in [-0.25, -0.2) is 13.1 Å². The first-order valence-corrected chi connectivity index (χ1v) is 11.2. The van der Waals surface area contributed by atoms with E-state index in [0.717, 1.165) is 31.6 Å². The number of fused-ring (bicyclic) bond motifs is 1. The van der Waals surface area contributed by atoms with Crippen molar-refractivity contribution in [1.82, 2.24) is 9.62 Å². The third-order valence-corrected chi connectivity index (χ3v) is 6.89. The van der Waals surface area contributed by atoms with Gasteiger partial charge in [0.2, 0.25) is 10.0 Å². The predicted molar refractivity (Wildman–Crippen MR) is 111 cm³/mol. The minimum Gasteiger partial charge on any atom is -0.374 e. The molecule has 2 aromatic rings. The molecule has 0 saturated carbocycles. The number of nitrogens with zero attached hydrogens (tertiary/aromatic N) is 1. The van der Waals surface area contributed by atoms with E-state index in [2.05, 4.69) is 27.8 Å². The molecule has 0 aromatic heterocycles. The molecule has 0 spiro atoms. The van der Waals surface area contributed by atoms with E-state index in [1.807, 2.05) is 36.4 Å². The lowest BCUT2D eigenvalue weighted by Crippen LogP contribution is -2.47. The van der Waals surface area contributed by atoms with Gasteiger partial charge in [0, 0.05) is 26.2 Å². The summed E-state index contributed by atoms with van der Waals surface area (Å²) in [5, 5.41) is 0. The maximum atomic E-state index is 12.8. The van der Waals surface area contributed by atoms with Crippen LogP contribution in [-0.2, 0) is 27.7 Å². The number of rotatable bonds is 6. The molecular formula is C22H26N2O3S. The summed E-state index contributed by atoms with van der Waals surface area (Å²) in [7, 11) is -3.49. The molecule has 0 unspecified atom stereocenters. The second kappa shape index (κ2) is 8.57. The Bertz CT molecular complexity index is 941. The highest BCUT2D eigenvalue weighted by atomic mass is 32.2. The Labute approximate surface area is 167 Å². The molecule has 4 rings (SSSR count). The second-order valence-electron chi connectivity index (χ2n) is 7.37. The minimum absolute atomic E-state index is 0.135. The number of aryl methyl sites for hydroxylation is 1. The first kappa shape index (κ1) is 19.3. The van der Waals surface area contributed by atoms with Gasteiger partial charge >= 0.3 is 0 Å². The summed E-state index contributed by atoms with van der Waals surface area (Å²) in [5.74, 6) is 0. The summed E-state index contributed by atoms with van der Waals surface area (Å²) in [6.45, 7) is 3.36. The topological polar surface area (TPSA) is 58.6 Å². The van der Waals surface area contributed by atoms with Crippen LogP contribution in [0, 0.1) is 0 Å². The highest BCUT2D eigenvalue weighted by Gasteiger charge is 2.25. The number of morpholine rings is 1. The molecule has 1 fully saturated rings. The summed E-state index contributed by atoms with van der Waals surface area (Å²) in [6, 6.07) is 18.3. The molecule has 1 aliphatic carbocycles. The first-order valence-electron chi connectivity index (χ1n) is 9.76. The van der Waals surface area contributed by atoms with Crippen molar-refractivity contribution in [3.05, 3.63) is 76.2 Å². The Morgan fingerprint density at radius 1 is 1.04 bits per heavy atom. The van der Waals surface area contributed by atoms with E-state index in [9.17, 15) is 8.42 Å². The maximum absolute atomic E-state index is 12.8. The van der Waals surface area contributed by atoms with Crippen molar-refractivity contribution >= 4 is 16.1 Å². The number of nitrogens with one attached hydrogen (secondary N) is 1. The monoisotopic (exact) mass is 398 g/mol. The van der Waals surface area contributed by atoms with E-state index in [4.69, 9.17) is 4.74 Å². The molecule has 2 aliphatic rings. The summed E-state index contributed by atoms with van der Waals surface area (Å²) in [5.41, 5.74) is 3.46. The lowest BCUT2D eigenvalue weighted by atomic mass is 9.98. The van der Waals surface area contributed by atoms with Gasteiger partial charge in [0.15, 0.2) is 0 Å². The van der Waals surface area contributed by atoms with Gasteiger partial charge in [0.1, 0.15) is 0 Å². The lowest BCUT2D eigenvalue weighted by Gasteiger charge is -2.33. The molecule has 2 aromatic carbocycles. The van der Waals surface area contributed by atoms with Crippen LogP contribution in [0.5, 0.6) is 0 Å². The quantitative estimate of drug-likeness (QED) is 0.813. The Morgan fingerprint density at radius 3 is 2.68 bits per heavy atom. The normalized spacial score (nSPS) is 20.4. The van der Waals surface area contributed by atoms with Crippen LogP contribution in [0.1, 0.15) is 23.1 Å². The average molecular weight is 399 g/mol. The van der Waals surface area contributed by atoms with Gasteiger partial charge in [-0.3, -0.25) is 4.90 Å². The zero-order valence-corrected chi connectivity index (χ0v) is 16.7. The van der Waals surface area contributed by atoms with Crippen LogP contribution in [0.4, 0.5) is 0 Å². The number of hydrogen-bond donors (Lipinski definition) is 1. The van der Waals surface area contributed by atoms with Gasteiger partial charge < -0.3 is 4.74 Å². The summed E-state index contributed by atoms with van der Waals surface area (Å²) in [4.78, 5) is 2.77. The predicted octanol–water partition coefficient (Wildman–Crippen LogP) is 2.79. The van der Waals surface area contributed by atoms with Crippen LogP contribution in [0.25, 0.3) is 6.08 Å². The van der Waals surface area contributed by atoms with E-state index in [1.54, 1.807) is 6.08 Å². The Balaban J connectivity index is 1.35. The molecule has 1 heterocycles. The highest BCUT2D eigenvalue weighted by Crippen LogP contribution is 2.26. The van der Waals surface area contributed by atoms with Crippen LogP contribution < -0.4 is 4.72 Å². The van der Waals surface area contributed by atoms with Crippen LogP contribution in [0.3, 0.4) is 0 Å². The van der Waals surface area contributed by atoms with Gasteiger partial charge in [-0.1, -0.05) is 54.6 Å². The fraction of sp³-hybridized carbons (Fsp3) is 0.364. The molecule has 0 bridgehead atoms. The summed E-state index contributed by atoms with van der Waals surface area (Å²) < 4.78 is 34.1. The van der Waals surface area contributed by atoms with Gasteiger partial charge in [0.25, 0.3) is 0 Å². The van der Waals surface area contributed by atoms with Crippen molar-refractivity contribution < 1.29 is 13.2 Å². The molecule has 1 aliphatic heterocycles.